The summed E-state index contributed by atoms with van der Waals surface area (Å²) in [7, 11) is 0. The molecule has 1 heterocycles. The van der Waals surface area contributed by atoms with Crippen molar-refractivity contribution in [3.63, 3.8) is 0 Å². The van der Waals surface area contributed by atoms with E-state index in [-0.39, 0.29) is 0 Å². The molecule has 1 fully saturated rings. The summed E-state index contributed by atoms with van der Waals surface area (Å²) in [5.41, 5.74) is 3.73. The third-order valence-electron chi connectivity index (χ3n) is 3.70. The SMILES string of the molecule is Clc1ccc(C=Cc2ccc(N3CCCC3)cc2)cc1. The van der Waals surface area contributed by atoms with Crippen LogP contribution in [0.1, 0.15) is 24.0 Å². The highest BCUT2D eigenvalue weighted by Crippen LogP contribution is 2.21. The molecule has 0 aromatic heterocycles. The maximum Gasteiger partial charge on any atom is 0.0406 e. The Hall–Kier alpha value is -1.73. The van der Waals surface area contributed by atoms with Gasteiger partial charge >= 0.3 is 0 Å². The third kappa shape index (κ3) is 3.23. The zero-order valence-corrected chi connectivity index (χ0v) is 12.2. The number of rotatable bonds is 3. The molecule has 20 heavy (non-hydrogen) atoms. The molecule has 1 aliphatic heterocycles. The molecule has 0 N–H and O–H groups in total. The van der Waals surface area contributed by atoms with Crippen LogP contribution in [-0.2, 0) is 0 Å². The molecule has 0 saturated carbocycles. The van der Waals surface area contributed by atoms with Crippen molar-refractivity contribution >= 4 is 29.4 Å². The maximum atomic E-state index is 5.88. The van der Waals surface area contributed by atoms with Gasteiger partial charge in [0.2, 0.25) is 0 Å². The molecule has 0 unspecified atom stereocenters. The van der Waals surface area contributed by atoms with Crippen molar-refractivity contribution < 1.29 is 0 Å². The van der Waals surface area contributed by atoms with Gasteiger partial charge in [0.15, 0.2) is 0 Å². The van der Waals surface area contributed by atoms with Gasteiger partial charge in [-0.25, -0.2) is 0 Å². The lowest BCUT2D eigenvalue weighted by molar-refractivity contribution is 0.949. The number of anilines is 1. The van der Waals surface area contributed by atoms with E-state index >= 15 is 0 Å². The van der Waals surface area contributed by atoms with Gasteiger partial charge in [0.1, 0.15) is 0 Å². The Kier molecular flexibility index (Phi) is 4.08. The molecule has 1 nitrogen and oxygen atoms in total. The van der Waals surface area contributed by atoms with Crippen molar-refractivity contribution in [2.75, 3.05) is 18.0 Å². The Labute approximate surface area is 125 Å². The van der Waals surface area contributed by atoms with Crippen molar-refractivity contribution in [1.29, 1.82) is 0 Å². The Morgan fingerprint density at radius 2 is 1.25 bits per heavy atom. The van der Waals surface area contributed by atoms with E-state index in [9.17, 15) is 0 Å². The number of benzene rings is 2. The summed E-state index contributed by atoms with van der Waals surface area (Å²) in [6.07, 6.45) is 6.88. The molecule has 102 valence electrons. The molecule has 2 aromatic rings. The molecule has 3 rings (SSSR count). The van der Waals surface area contributed by atoms with E-state index in [4.69, 9.17) is 11.6 Å². The van der Waals surface area contributed by atoms with Gasteiger partial charge in [0.25, 0.3) is 0 Å². The second kappa shape index (κ2) is 6.15. The van der Waals surface area contributed by atoms with E-state index in [1.807, 2.05) is 24.3 Å². The molecule has 0 bridgehead atoms. The van der Waals surface area contributed by atoms with Gasteiger partial charge in [-0.05, 0) is 48.2 Å². The van der Waals surface area contributed by atoms with E-state index in [1.54, 1.807) is 0 Å². The first-order chi connectivity index (χ1) is 9.81. The summed E-state index contributed by atoms with van der Waals surface area (Å²) in [4.78, 5) is 2.45. The normalized spacial score (nSPS) is 15.2. The second-order valence-corrected chi connectivity index (χ2v) is 5.61. The van der Waals surface area contributed by atoms with Gasteiger partial charge in [-0.2, -0.15) is 0 Å². The standard InChI is InChI=1S/C18H18ClN/c19-17-9-5-15(6-10-17)3-4-16-7-11-18(12-8-16)20-13-1-2-14-20/h3-12H,1-2,13-14H2. The lowest BCUT2D eigenvalue weighted by atomic mass is 10.1. The molecule has 2 heteroatoms. The van der Waals surface area contributed by atoms with E-state index in [1.165, 1.54) is 37.2 Å². The number of nitrogens with zero attached hydrogens (tertiary/aromatic N) is 1. The van der Waals surface area contributed by atoms with E-state index in [2.05, 4.69) is 41.3 Å². The van der Waals surface area contributed by atoms with Gasteiger partial charge in [0, 0.05) is 23.8 Å². The van der Waals surface area contributed by atoms with Crippen LogP contribution in [0.5, 0.6) is 0 Å². The first kappa shape index (κ1) is 13.3. The largest absolute Gasteiger partial charge is 0.372 e. The summed E-state index contributed by atoms with van der Waals surface area (Å²) in [6, 6.07) is 16.7. The molecule has 0 radical (unpaired) electrons. The summed E-state index contributed by atoms with van der Waals surface area (Å²) < 4.78 is 0. The van der Waals surface area contributed by atoms with Gasteiger partial charge < -0.3 is 4.90 Å². The molecule has 0 amide bonds. The van der Waals surface area contributed by atoms with Gasteiger partial charge in [-0.3, -0.25) is 0 Å². The van der Waals surface area contributed by atoms with Crippen LogP contribution in [0.2, 0.25) is 5.02 Å². The van der Waals surface area contributed by atoms with Crippen LogP contribution in [0.3, 0.4) is 0 Å². The fourth-order valence-electron chi connectivity index (χ4n) is 2.54. The highest BCUT2D eigenvalue weighted by molar-refractivity contribution is 6.30. The molecule has 0 spiro atoms. The van der Waals surface area contributed by atoms with Crippen molar-refractivity contribution in [2.24, 2.45) is 0 Å². The molecule has 0 atom stereocenters. The number of halogens is 1. The van der Waals surface area contributed by atoms with Crippen LogP contribution in [0.4, 0.5) is 5.69 Å². The van der Waals surface area contributed by atoms with Crippen molar-refractivity contribution in [1.82, 2.24) is 0 Å². The molecule has 2 aromatic carbocycles. The lowest BCUT2D eigenvalue weighted by Crippen LogP contribution is -2.17. The first-order valence-corrected chi connectivity index (χ1v) is 7.48. The second-order valence-electron chi connectivity index (χ2n) is 5.17. The molecule has 0 aliphatic carbocycles. The highest BCUT2D eigenvalue weighted by Gasteiger charge is 2.11. The Morgan fingerprint density at radius 3 is 1.80 bits per heavy atom. The fourth-order valence-corrected chi connectivity index (χ4v) is 2.66. The Balaban J connectivity index is 1.69. The predicted octanol–water partition coefficient (Wildman–Crippen LogP) is 5.11. The van der Waals surface area contributed by atoms with E-state index in [0.717, 1.165) is 10.6 Å². The van der Waals surface area contributed by atoms with Crippen LogP contribution < -0.4 is 4.90 Å². The monoisotopic (exact) mass is 283 g/mol. The topological polar surface area (TPSA) is 3.24 Å². The van der Waals surface area contributed by atoms with Crippen LogP contribution in [0, 0.1) is 0 Å². The minimum atomic E-state index is 0.775. The first-order valence-electron chi connectivity index (χ1n) is 7.10. The van der Waals surface area contributed by atoms with Crippen molar-refractivity contribution in [3.8, 4) is 0 Å². The Morgan fingerprint density at radius 1 is 0.750 bits per heavy atom. The Bertz CT molecular complexity index is 578. The molecule has 1 aliphatic rings. The molecule has 1 saturated heterocycles. The quantitative estimate of drug-likeness (QED) is 0.708. The summed E-state index contributed by atoms with van der Waals surface area (Å²) in [5.74, 6) is 0. The lowest BCUT2D eigenvalue weighted by Gasteiger charge is -2.17. The summed E-state index contributed by atoms with van der Waals surface area (Å²) in [5, 5.41) is 0.775. The van der Waals surface area contributed by atoms with Crippen LogP contribution in [0.25, 0.3) is 12.2 Å². The predicted molar refractivity (Wildman–Crippen MR) is 88.3 cm³/mol. The van der Waals surface area contributed by atoms with E-state index < -0.39 is 0 Å². The van der Waals surface area contributed by atoms with Crippen LogP contribution in [-0.4, -0.2) is 13.1 Å². The van der Waals surface area contributed by atoms with Crippen LogP contribution in [0.15, 0.2) is 48.5 Å². The minimum Gasteiger partial charge on any atom is -0.372 e. The molecular weight excluding hydrogens is 266 g/mol. The van der Waals surface area contributed by atoms with Gasteiger partial charge in [-0.15, -0.1) is 0 Å². The van der Waals surface area contributed by atoms with Gasteiger partial charge in [-0.1, -0.05) is 48.0 Å². The number of hydrogen-bond donors (Lipinski definition) is 0. The van der Waals surface area contributed by atoms with Crippen molar-refractivity contribution in [3.05, 3.63) is 64.7 Å². The summed E-state index contributed by atoms with van der Waals surface area (Å²) in [6.45, 7) is 2.39. The van der Waals surface area contributed by atoms with Gasteiger partial charge in [0.05, 0.1) is 0 Å². The van der Waals surface area contributed by atoms with Crippen LogP contribution >= 0.6 is 11.6 Å². The number of hydrogen-bond acceptors (Lipinski definition) is 1. The molecular formula is C18H18ClN. The zero-order valence-electron chi connectivity index (χ0n) is 11.4. The zero-order chi connectivity index (χ0) is 13.8. The minimum absolute atomic E-state index is 0.775. The maximum absolute atomic E-state index is 5.88. The van der Waals surface area contributed by atoms with E-state index in [0.29, 0.717) is 0 Å². The summed E-state index contributed by atoms with van der Waals surface area (Å²) >= 11 is 5.88. The third-order valence-corrected chi connectivity index (χ3v) is 3.95. The van der Waals surface area contributed by atoms with Crippen molar-refractivity contribution in [2.45, 2.75) is 12.8 Å². The fraction of sp³-hybridized carbons (Fsp3) is 0.222. The smallest absolute Gasteiger partial charge is 0.0406 e. The highest BCUT2D eigenvalue weighted by atomic mass is 35.5. The average Bonchev–Trinajstić information content (AvgIpc) is 3.01. The average molecular weight is 284 g/mol.